The molecule has 0 aliphatic heterocycles. The van der Waals surface area contributed by atoms with Crippen molar-refractivity contribution < 1.29 is 16.5 Å². The van der Waals surface area contributed by atoms with Crippen LogP contribution in [0.25, 0.3) is 0 Å². The van der Waals surface area contributed by atoms with Gasteiger partial charge in [-0.1, -0.05) is 206 Å². The summed E-state index contributed by atoms with van der Waals surface area (Å²) in [6.07, 6.45) is 42.3. The first-order chi connectivity index (χ1) is 25.2. The van der Waals surface area contributed by atoms with E-state index in [0.29, 0.717) is 0 Å². The van der Waals surface area contributed by atoms with Crippen molar-refractivity contribution >= 4 is 22.8 Å². The first-order valence-corrected chi connectivity index (χ1v) is 22.5. The van der Waals surface area contributed by atoms with Crippen molar-refractivity contribution in [1.82, 2.24) is 0 Å². The topological polar surface area (TPSA) is 24.7 Å². The maximum Gasteiger partial charge on any atom is 0.0633 e. The van der Waals surface area contributed by atoms with Gasteiger partial charge < -0.3 is 0 Å². The molecule has 0 fully saturated rings. The molecule has 0 bridgehead atoms. The Morgan fingerprint density at radius 1 is 0.365 bits per heavy atom. The molecule has 2 aromatic rings. The quantitative estimate of drug-likeness (QED) is 0.0386. The van der Waals surface area contributed by atoms with Crippen LogP contribution in [-0.2, 0) is 29.3 Å². The second kappa shape index (κ2) is 35.0. The molecule has 2 aromatic carbocycles. The van der Waals surface area contributed by atoms with Crippen LogP contribution in [0.3, 0.4) is 0 Å². The molecule has 0 atom stereocenters. The average Bonchev–Trinajstić information content (AvgIpc) is 3.15. The summed E-state index contributed by atoms with van der Waals surface area (Å²) in [6.45, 7) is 8.99. The summed E-state index contributed by atoms with van der Waals surface area (Å²) in [5.41, 5.74) is 7.14. The summed E-state index contributed by atoms with van der Waals surface area (Å²) in [5.74, 6) is 0. The Hall–Kier alpha value is -1.73. The summed E-state index contributed by atoms with van der Waals surface area (Å²) < 4.78 is 0. The minimum atomic E-state index is 0. The van der Waals surface area contributed by atoms with E-state index in [0.717, 1.165) is 42.1 Å². The summed E-state index contributed by atoms with van der Waals surface area (Å²) in [4.78, 5) is 10.1. The van der Waals surface area contributed by atoms with Crippen molar-refractivity contribution in [3.8, 4) is 0 Å². The number of unbranched alkanes of at least 4 members (excludes halogenated alkanes) is 25. The van der Waals surface area contributed by atoms with E-state index in [1.807, 2.05) is 0 Å². The maximum absolute atomic E-state index is 5.11. The number of nitrogens with zero attached hydrogens (tertiary/aromatic N) is 2. The van der Waals surface area contributed by atoms with Crippen LogP contribution in [0.4, 0.5) is 11.4 Å². The van der Waals surface area contributed by atoms with Gasteiger partial charge in [0, 0.05) is 16.5 Å². The summed E-state index contributed by atoms with van der Waals surface area (Å²) in [5, 5.41) is 0. The molecule has 0 saturated heterocycles. The SMILES string of the molecule is CCCCCCCCCCCCCCCc1ccc(/N=C(C)/C(CCCC)=N/c2ccc(CCCCCCCCCCCCCCC)cc2)cc1.[Ni]. The van der Waals surface area contributed by atoms with Crippen LogP contribution < -0.4 is 0 Å². The molecular formula is C49H82N2Ni. The van der Waals surface area contributed by atoms with E-state index in [9.17, 15) is 0 Å². The molecule has 2 nitrogen and oxygen atoms in total. The van der Waals surface area contributed by atoms with E-state index in [1.54, 1.807) is 0 Å². The molecule has 0 unspecified atom stereocenters. The van der Waals surface area contributed by atoms with Gasteiger partial charge in [0.05, 0.1) is 22.8 Å². The normalized spacial score (nSPS) is 12.0. The Kier molecular flexibility index (Phi) is 32.5. The van der Waals surface area contributed by atoms with E-state index in [2.05, 4.69) is 76.2 Å². The molecule has 298 valence electrons. The van der Waals surface area contributed by atoms with Crippen LogP contribution in [0.5, 0.6) is 0 Å². The molecule has 0 N–H and O–H groups in total. The van der Waals surface area contributed by atoms with Crippen LogP contribution in [0.1, 0.15) is 225 Å². The summed E-state index contributed by atoms with van der Waals surface area (Å²) >= 11 is 0. The molecule has 0 spiro atoms. The molecule has 0 aromatic heterocycles. The standard InChI is InChI=1S/C49H82N2.Ni/c1-5-8-11-13-15-17-19-21-23-25-27-29-31-33-45-36-40-47(41-37-45)50-44(4)49(35-10-7-3)51-48-42-38-46(39-43-48)34-32-30-28-26-24-22-20-18-16-14-12-9-6-2;/h36-43H,5-35H2,1-4H3;/b50-44+,51-49+;. The Labute approximate surface area is 334 Å². The van der Waals surface area contributed by atoms with Gasteiger partial charge in [-0.15, -0.1) is 0 Å². The monoisotopic (exact) mass is 757 g/mol. The number of benzene rings is 2. The zero-order valence-electron chi connectivity index (χ0n) is 34.7. The third-order valence-corrected chi connectivity index (χ3v) is 10.8. The molecular weight excluding hydrogens is 675 g/mol. The van der Waals surface area contributed by atoms with Crippen LogP contribution >= 0.6 is 0 Å². The van der Waals surface area contributed by atoms with Gasteiger partial charge in [-0.25, -0.2) is 0 Å². The van der Waals surface area contributed by atoms with Crippen LogP contribution in [-0.4, -0.2) is 11.4 Å². The van der Waals surface area contributed by atoms with Crippen molar-refractivity contribution in [2.24, 2.45) is 9.98 Å². The van der Waals surface area contributed by atoms with E-state index >= 15 is 0 Å². The molecule has 0 aliphatic rings. The first kappa shape index (κ1) is 48.3. The molecule has 52 heavy (non-hydrogen) atoms. The van der Waals surface area contributed by atoms with Crippen molar-refractivity contribution in [1.29, 1.82) is 0 Å². The minimum Gasteiger partial charge on any atom is -0.252 e. The van der Waals surface area contributed by atoms with E-state index in [1.165, 1.54) is 191 Å². The Morgan fingerprint density at radius 3 is 0.981 bits per heavy atom. The number of aliphatic imine (C=N–C) groups is 2. The smallest absolute Gasteiger partial charge is 0.0633 e. The minimum absolute atomic E-state index is 0. The van der Waals surface area contributed by atoms with Crippen LogP contribution in [0, 0.1) is 0 Å². The Morgan fingerprint density at radius 2 is 0.654 bits per heavy atom. The zero-order chi connectivity index (χ0) is 36.5. The molecule has 0 aliphatic carbocycles. The van der Waals surface area contributed by atoms with Gasteiger partial charge in [0.2, 0.25) is 0 Å². The first-order valence-electron chi connectivity index (χ1n) is 22.5. The fourth-order valence-electron chi connectivity index (χ4n) is 7.24. The van der Waals surface area contributed by atoms with Crippen molar-refractivity contribution in [3.63, 3.8) is 0 Å². The number of hydrogen-bond donors (Lipinski definition) is 0. The molecule has 0 saturated carbocycles. The summed E-state index contributed by atoms with van der Waals surface area (Å²) in [7, 11) is 0. The summed E-state index contributed by atoms with van der Waals surface area (Å²) in [6, 6.07) is 18.0. The molecule has 0 heterocycles. The van der Waals surface area contributed by atoms with Gasteiger partial charge in [-0.3, -0.25) is 9.98 Å². The van der Waals surface area contributed by atoms with Gasteiger partial charge in [0.15, 0.2) is 0 Å². The average molecular weight is 758 g/mol. The van der Waals surface area contributed by atoms with Crippen molar-refractivity contribution in [3.05, 3.63) is 59.7 Å². The largest absolute Gasteiger partial charge is 0.252 e. The second-order valence-corrected chi connectivity index (χ2v) is 15.7. The van der Waals surface area contributed by atoms with E-state index in [-0.39, 0.29) is 16.5 Å². The fraction of sp³-hybridized carbons (Fsp3) is 0.714. The van der Waals surface area contributed by atoms with Gasteiger partial charge in [0.25, 0.3) is 0 Å². The maximum atomic E-state index is 5.11. The van der Waals surface area contributed by atoms with E-state index < -0.39 is 0 Å². The third kappa shape index (κ3) is 26.1. The molecule has 0 radical (unpaired) electrons. The van der Waals surface area contributed by atoms with Crippen molar-refractivity contribution in [2.75, 3.05) is 0 Å². The van der Waals surface area contributed by atoms with Gasteiger partial charge in [-0.2, -0.15) is 0 Å². The molecule has 0 amide bonds. The number of aryl methyl sites for hydroxylation is 2. The van der Waals surface area contributed by atoms with Gasteiger partial charge >= 0.3 is 0 Å². The van der Waals surface area contributed by atoms with Crippen LogP contribution in [0.2, 0.25) is 0 Å². The predicted octanol–water partition coefficient (Wildman–Crippen LogP) is 17.0. The van der Waals surface area contributed by atoms with Gasteiger partial charge in [-0.05, 0) is 80.8 Å². The number of hydrogen-bond acceptors (Lipinski definition) is 2. The predicted molar refractivity (Wildman–Crippen MR) is 231 cm³/mol. The van der Waals surface area contributed by atoms with Crippen LogP contribution in [0.15, 0.2) is 58.5 Å². The third-order valence-electron chi connectivity index (χ3n) is 10.8. The zero-order valence-corrected chi connectivity index (χ0v) is 35.7. The molecule has 2 rings (SSSR count). The van der Waals surface area contributed by atoms with E-state index in [4.69, 9.17) is 9.98 Å². The van der Waals surface area contributed by atoms with Crippen molar-refractivity contribution in [2.45, 2.75) is 227 Å². The second-order valence-electron chi connectivity index (χ2n) is 15.7. The fourth-order valence-corrected chi connectivity index (χ4v) is 7.24. The Balaban J connectivity index is 0.0000135. The van der Waals surface area contributed by atoms with Gasteiger partial charge in [0.1, 0.15) is 0 Å². The molecule has 3 heteroatoms. The Bertz CT molecular complexity index is 1120. The number of rotatable bonds is 34.